The van der Waals surface area contributed by atoms with Crippen LogP contribution in [-0.2, 0) is 0 Å². The number of rotatable bonds is 6. The van der Waals surface area contributed by atoms with E-state index in [1.54, 1.807) is 30.8 Å². The normalized spacial score (nSPS) is 10.8. The molecule has 3 N–H and O–H groups in total. The van der Waals surface area contributed by atoms with Crippen LogP contribution in [0.5, 0.6) is 0 Å². The summed E-state index contributed by atoms with van der Waals surface area (Å²) < 4.78 is 0. The number of anilines is 2. The zero-order valence-corrected chi connectivity index (χ0v) is 13.9. The molecule has 108 valence electrons. The van der Waals surface area contributed by atoms with Crippen molar-refractivity contribution in [1.29, 1.82) is 0 Å². The molecule has 4 nitrogen and oxygen atoms in total. The van der Waals surface area contributed by atoms with Gasteiger partial charge in [-0.25, -0.2) is 0 Å². The second kappa shape index (κ2) is 7.05. The minimum Gasteiger partial charge on any atom is -0.396 e. The van der Waals surface area contributed by atoms with E-state index in [0.29, 0.717) is 16.5 Å². The van der Waals surface area contributed by atoms with Crippen molar-refractivity contribution in [2.45, 2.75) is 25.2 Å². The molecule has 0 aliphatic rings. The van der Waals surface area contributed by atoms with Crippen LogP contribution in [0.1, 0.15) is 29.9 Å². The molecule has 1 amide bonds. The number of thiophene rings is 1. The largest absolute Gasteiger partial charge is 0.396 e. The van der Waals surface area contributed by atoms with Crippen molar-refractivity contribution in [1.82, 2.24) is 4.90 Å². The highest BCUT2D eigenvalue weighted by atomic mass is 32.2. The number of nitrogens with one attached hydrogen (secondary N) is 1. The summed E-state index contributed by atoms with van der Waals surface area (Å²) in [5.41, 5.74) is 6.69. The van der Waals surface area contributed by atoms with Gasteiger partial charge >= 0.3 is 0 Å². The predicted molar refractivity (Wildman–Crippen MR) is 86.5 cm³/mol. The van der Waals surface area contributed by atoms with Crippen molar-refractivity contribution in [3.8, 4) is 0 Å². The fourth-order valence-corrected chi connectivity index (χ4v) is 3.67. The van der Waals surface area contributed by atoms with Crippen molar-refractivity contribution in [3.63, 3.8) is 0 Å². The van der Waals surface area contributed by atoms with Crippen LogP contribution >= 0.6 is 23.1 Å². The third-order valence-corrected chi connectivity index (χ3v) is 4.82. The Bertz CT molecular complexity index is 441. The summed E-state index contributed by atoms with van der Waals surface area (Å²) >= 11 is 3.03. The average Bonchev–Trinajstić information content (AvgIpc) is 2.64. The number of hydrogen-bond donors (Lipinski definition) is 2. The molecule has 0 bridgehead atoms. The minimum atomic E-state index is -0.0327. The summed E-state index contributed by atoms with van der Waals surface area (Å²) in [6, 6.07) is 0. The number of nitrogen functional groups attached to an aromatic ring is 1. The van der Waals surface area contributed by atoms with Crippen LogP contribution in [0.15, 0.2) is 4.90 Å². The van der Waals surface area contributed by atoms with Gasteiger partial charge in [0.2, 0.25) is 0 Å². The van der Waals surface area contributed by atoms with Gasteiger partial charge in [-0.05, 0) is 18.6 Å². The second-order valence-corrected chi connectivity index (χ2v) is 6.85. The fraction of sp³-hybridized carbons (Fsp3) is 0.615. The van der Waals surface area contributed by atoms with Gasteiger partial charge < -0.3 is 16.0 Å². The Labute approximate surface area is 123 Å². The molecule has 19 heavy (non-hydrogen) atoms. The zero-order chi connectivity index (χ0) is 14.6. The summed E-state index contributed by atoms with van der Waals surface area (Å²) in [5.74, 6) is 0.625. The Kier molecular flexibility index (Phi) is 6.00. The minimum absolute atomic E-state index is 0.0327. The monoisotopic (exact) mass is 301 g/mol. The van der Waals surface area contributed by atoms with Crippen LogP contribution in [0, 0.1) is 5.92 Å². The number of amides is 1. The van der Waals surface area contributed by atoms with Gasteiger partial charge in [0.25, 0.3) is 5.91 Å². The molecule has 1 aromatic heterocycles. The highest BCUT2D eigenvalue weighted by molar-refractivity contribution is 7.99. The van der Waals surface area contributed by atoms with Gasteiger partial charge in [-0.2, -0.15) is 0 Å². The number of carbonyl (C=O) groups excluding carboxylic acids is 1. The summed E-state index contributed by atoms with van der Waals surface area (Å²) in [6.45, 7) is 5.29. The maximum absolute atomic E-state index is 12.0. The molecule has 0 saturated heterocycles. The third kappa shape index (κ3) is 4.04. The maximum atomic E-state index is 12.0. The van der Waals surface area contributed by atoms with Gasteiger partial charge in [-0.1, -0.05) is 13.8 Å². The van der Waals surface area contributed by atoms with E-state index >= 15 is 0 Å². The van der Waals surface area contributed by atoms with Gasteiger partial charge in [0, 0.05) is 20.6 Å². The van der Waals surface area contributed by atoms with E-state index in [1.165, 1.54) is 11.3 Å². The van der Waals surface area contributed by atoms with E-state index in [-0.39, 0.29) is 5.91 Å². The first kappa shape index (κ1) is 16.2. The highest BCUT2D eigenvalue weighted by Gasteiger charge is 2.21. The van der Waals surface area contributed by atoms with Crippen molar-refractivity contribution >= 4 is 39.7 Å². The number of carbonyl (C=O) groups is 1. The third-order valence-electron chi connectivity index (χ3n) is 2.71. The smallest absolute Gasteiger partial charge is 0.265 e. The number of nitrogens with zero attached hydrogens (tertiary/aromatic N) is 1. The van der Waals surface area contributed by atoms with Gasteiger partial charge in [-0.15, -0.1) is 23.1 Å². The number of nitrogens with two attached hydrogens (primary N) is 1. The van der Waals surface area contributed by atoms with Crippen LogP contribution < -0.4 is 11.1 Å². The van der Waals surface area contributed by atoms with Crippen LogP contribution in [0.25, 0.3) is 0 Å². The topological polar surface area (TPSA) is 58.4 Å². The Morgan fingerprint density at radius 2 is 2.11 bits per heavy atom. The molecular formula is C13H23N3OS2. The average molecular weight is 301 g/mol. The molecule has 6 heteroatoms. The highest BCUT2D eigenvalue weighted by Crippen LogP contribution is 2.42. The molecule has 0 spiro atoms. The number of thioether (sulfide) groups is 1. The lowest BCUT2D eigenvalue weighted by molar-refractivity contribution is 0.0833. The van der Waals surface area contributed by atoms with Gasteiger partial charge in [-0.3, -0.25) is 4.79 Å². The van der Waals surface area contributed by atoms with Gasteiger partial charge in [0.15, 0.2) is 0 Å². The lowest BCUT2D eigenvalue weighted by Gasteiger charge is -2.08. The van der Waals surface area contributed by atoms with Crippen molar-refractivity contribution in [2.75, 3.05) is 37.9 Å². The first-order chi connectivity index (χ1) is 8.88. The maximum Gasteiger partial charge on any atom is 0.265 e. The Morgan fingerprint density at radius 3 is 2.58 bits per heavy atom. The molecule has 1 rings (SSSR count). The van der Waals surface area contributed by atoms with Crippen LogP contribution in [0.3, 0.4) is 0 Å². The Morgan fingerprint density at radius 1 is 1.47 bits per heavy atom. The van der Waals surface area contributed by atoms with Gasteiger partial charge in [0.1, 0.15) is 9.88 Å². The molecule has 1 aromatic rings. The van der Waals surface area contributed by atoms with Crippen LogP contribution in [-0.4, -0.2) is 37.7 Å². The summed E-state index contributed by atoms with van der Waals surface area (Å²) in [4.78, 5) is 15.2. The summed E-state index contributed by atoms with van der Waals surface area (Å²) in [7, 11) is 3.48. The molecule has 0 aliphatic carbocycles. The summed E-state index contributed by atoms with van der Waals surface area (Å²) in [5, 5.41) is 4.41. The Balaban J connectivity index is 2.92. The zero-order valence-electron chi connectivity index (χ0n) is 12.2. The first-order valence-electron chi connectivity index (χ1n) is 6.30. The van der Waals surface area contributed by atoms with Crippen molar-refractivity contribution in [2.24, 2.45) is 5.92 Å². The molecule has 1 heterocycles. The molecular weight excluding hydrogens is 278 g/mol. The molecule has 0 fully saturated rings. The van der Waals surface area contributed by atoms with E-state index in [9.17, 15) is 4.79 Å². The summed E-state index contributed by atoms with van der Waals surface area (Å²) in [6.07, 6.45) is 3.08. The lowest BCUT2D eigenvalue weighted by Crippen LogP contribution is -2.21. The Hall–Kier alpha value is -0.880. The molecule has 0 radical (unpaired) electrons. The standard InChI is InChI=1S/C13H23N3OS2/c1-8(2)6-7-15-12-10(18-5)9(14)11(19-12)13(17)16(3)4/h8,15H,6-7,14H2,1-5H3. The molecule has 0 aromatic carbocycles. The van der Waals surface area contributed by atoms with E-state index < -0.39 is 0 Å². The van der Waals surface area contributed by atoms with Crippen LogP contribution in [0.4, 0.5) is 10.7 Å². The number of hydrogen-bond acceptors (Lipinski definition) is 5. The quantitative estimate of drug-likeness (QED) is 0.792. The van der Waals surface area contributed by atoms with E-state index in [1.807, 2.05) is 6.26 Å². The van der Waals surface area contributed by atoms with E-state index in [4.69, 9.17) is 5.73 Å². The van der Waals surface area contributed by atoms with Gasteiger partial charge in [0.05, 0.1) is 10.6 Å². The van der Waals surface area contributed by atoms with Crippen molar-refractivity contribution in [3.05, 3.63) is 4.88 Å². The second-order valence-electron chi connectivity index (χ2n) is 5.02. The molecule has 0 atom stereocenters. The first-order valence-corrected chi connectivity index (χ1v) is 8.34. The van der Waals surface area contributed by atoms with Crippen molar-refractivity contribution < 1.29 is 4.79 Å². The molecule has 0 aliphatic heterocycles. The predicted octanol–water partition coefficient (Wildman–Crippen LogP) is 3.21. The van der Waals surface area contributed by atoms with Crippen LogP contribution in [0.2, 0.25) is 0 Å². The molecule has 0 unspecified atom stereocenters. The van der Waals surface area contributed by atoms with E-state index in [2.05, 4.69) is 19.2 Å². The molecule has 0 saturated carbocycles. The SMILES string of the molecule is CSc1c(NCCC(C)C)sc(C(=O)N(C)C)c1N. The lowest BCUT2D eigenvalue weighted by atomic mass is 10.1. The fourth-order valence-electron chi connectivity index (χ4n) is 1.58. The van der Waals surface area contributed by atoms with E-state index in [0.717, 1.165) is 22.9 Å².